The molecule has 4 rings (SSSR count). The van der Waals surface area contributed by atoms with Gasteiger partial charge in [-0.15, -0.1) is 0 Å². The van der Waals surface area contributed by atoms with Crippen molar-refractivity contribution >= 4 is 16.9 Å². The van der Waals surface area contributed by atoms with Crippen LogP contribution < -0.4 is 16.2 Å². The number of hydrogen-bond donors (Lipinski definition) is 3. The number of aryl methyl sites for hydroxylation is 1. The van der Waals surface area contributed by atoms with E-state index in [1.165, 1.54) is 6.42 Å². The molecule has 6 heteroatoms. The second-order valence-electron chi connectivity index (χ2n) is 6.26. The maximum Gasteiger partial charge on any atom is 0.239 e. The summed E-state index contributed by atoms with van der Waals surface area (Å²) in [6.07, 6.45) is 3.49. The molecule has 1 aliphatic heterocycles. The maximum atomic E-state index is 12.4. The summed E-state index contributed by atoms with van der Waals surface area (Å²) >= 11 is 0. The summed E-state index contributed by atoms with van der Waals surface area (Å²) in [5.41, 5.74) is 8.45. The SMILES string of the molecule is Cn1c(CNC(=O)C2NNC3CCCC32)nc2ccccc21. The zero-order valence-corrected chi connectivity index (χ0v) is 12.7. The molecule has 6 nitrogen and oxygen atoms in total. The Labute approximate surface area is 129 Å². The van der Waals surface area contributed by atoms with Crippen LogP contribution in [0.2, 0.25) is 0 Å². The highest BCUT2D eigenvalue weighted by atomic mass is 16.2. The summed E-state index contributed by atoms with van der Waals surface area (Å²) in [7, 11) is 1.99. The van der Waals surface area contributed by atoms with Crippen LogP contribution in [-0.4, -0.2) is 27.5 Å². The minimum Gasteiger partial charge on any atom is -0.347 e. The third-order valence-corrected chi connectivity index (χ3v) is 5.00. The van der Waals surface area contributed by atoms with Crippen LogP contribution in [0.4, 0.5) is 0 Å². The molecule has 1 amide bonds. The molecule has 1 aromatic heterocycles. The maximum absolute atomic E-state index is 12.4. The topological polar surface area (TPSA) is 71.0 Å². The van der Waals surface area contributed by atoms with Gasteiger partial charge >= 0.3 is 0 Å². The minimum absolute atomic E-state index is 0.0638. The van der Waals surface area contributed by atoms with E-state index in [-0.39, 0.29) is 11.9 Å². The molecule has 3 atom stereocenters. The number of imidazole rings is 1. The van der Waals surface area contributed by atoms with Crippen LogP contribution in [0.25, 0.3) is 11.0 Å². The third-order valence-electron chi connectivity index (χ3n) is 5.00. The van der Waals surface area contributed by atoms with Gasteiger partial charge in [-0.05, 0) is 25.0 Å². The lowest BCUT2D eigenvalue weighted by molar-refractivity contribution is -0.124. The summed E-state index contributed by atoms with van der Waals surface area (Å²) in [6, 6.07) is 8.34. The van der Waals surface area contributed by atoms with Crippen molar-refractivity contribution < 1.29 is 4.79 Å². The molecule has 2 aromatic rings. The fourth-order valence-corrected chi connectivity index (χ4v) is 3.76. The van der Waals surface area contributed by atoms with Crippen molar-refractivity contribution in [2.24, 2.45) is 13.0 Å². The van der Waals surface area contributed by atoms with E-state index in [4.69, 9.17) is 0 Å². The van der Waals surface area contributed by atoms with Crippen LogP contribution in [0.15, 0.2) is 24.3 Å². The van der Waals surface area contributed by atoms with Gasteiger partial charge < -0.3 is 9.88 Å². The summed E-state index contributed by atoms with van der Waals surface area (Å²) in [4.78, 5) is 17.0. The van der Waals surface area contributed by atoms with Crippen LogP contribution in [0.5, 0.6) is 0 Å². The number of hydrogen-bond acceptors (Lipinski definition) is 4. The smallest absolute Gasteiger partial charge is 0.239 e. The van der Waals surface area contributed by atoms with Crippen molar-refractivity contribution in [1.82, 2.24) is 25.7 Å². The highest BCUT2D eigenvalue weighted by Crippen LogP contribution is 2.31. The molecule has 116 valence electrons. The first kappa shape index (κ1) is 13.7. The number of hydrazine groups is 1. The van der Waals surface area contributed by atoms with Crippen LogP contribution in [-0.2, 0) is 18.4 Å². The lowest BCUT2D eigenvalue weighted by atomic mass is 9.97. The molecule has 1 aliphatic carbocycles. The van der Waals surface area contributed by atoms with E-state index in [2.05, 4.69) is 21.2 Å². The van der Waals surface area contributed by atoms with Gasteiger partial charge in [0.05, 0.1) is 17.6 Å². The normalized spacial score (nSPS) is 27.2. The Morgan fingerprint density at radius 3 is 3.09 bits per heavy atom. The van der Waals surface area contributed by atoms with E-state index in [1.807, 2.05) is 35.9 Å². The Morgan fingerprint density at radius 2 is 2.23 bits per heavy atom. The summed E-state index contributed by atoms with van der Waals surface area (Å²) in [5.74, 6) is 1.36. The second kappa shape index (κ2) is 5.37. The lowest BCUT2D eigenvalue weighted by Crippen LogP contribution is -2.45. The summed E-state index contributed by atoms with van der Waals surface area (Å²) in [5, 5.41) is 3.03. The molecule has 1 saturated heterocycles. The lowest BCUT2D eigenvalue weighted by Gasteiger charge is -2.16. The zero-order valence-electron chi connectivity index (χ0n) is 12.7. The van der Waals surface area contributed by atoms with Crippen LogP contribution >= 0.6 is 0 Å². The van der Waals surface area contributed by atoms with Crippen molar-refractivity contribution in [3.05, 3.63) is 30.1 Å². The number of nitrogens with one attached hydrogen (secondary N) is 3. The summed E-state index contributed by atoms with van der Waals surface area (Å²) in [6.45, 7) is 0.458. The largest absolute Gasteiger partial charge is 0.347 e. The second-order valence-corrected chi connectivity index (χ2v) is 6.26. The Bertz CT molecular complexity index is 710. The van der Waals surface area contributed by atoms with E-state index in [9.17, 15) is 4.79 Å². The highest BCUT2D eigenvalue weighted by Gasteiger charge is 2.42. The standard InChI is InChI=1S/C16H21N5O/c1-21-13-8-3-2-6-12(13)18-14(21)9-17-16(22)15-10-5-4-7-11(10)19-20-15/h2-3,6,8,10-11,15,19-20H,4-5,7,9H2,1H3,(H,17,22). The number of aromatic nitrogens is 2. The molecule has 0 bridgehead atoms. The quantitative estimate of drug-likeness (QED) is 0.785. The molecule has 1 aromatic carbocycles. The van der Waals surface area contributed by atoms with Crippen LogP contribution in [0, 0.1) is 5.92 Å². The van der Waals surface area contributed by atoms with Crippen LogP contribution in [0.3, 0.4) is 0 Å². The molecule has 1 saturated carbocycles. The number of fused-ring (bicyclic) bond motifs is 2. The average molecular weight is 299 g/mol. The van der Waals surface area contributed by atoms with Gasteiger partial charge in [0.2, 0.25) is 5.91 Å². The van der Waals surface area contributed by atoms with Gasteiger partial charge in [-0.1, -0.05) is 18.6 Å². The average Bonchev–Trinajstić information content (AvgIpc) is 3.20. The van der Waals surface area contributed by atoms with Gasteiger partial charge in [-0.3, -0.25) is 10.2 Å². The van der Waals surface area contributed by atoms with E-state index in [0.29, 0.717) is 18.5 Å². The Balaban J connectivity index is 1.45. The number of carbonyl (C=O) groups excluding carboxylic acids is 1. The van der Waals surface area contributed by atoms with Crippen molar-refractivity contribution in [1.29, 1.82) is 0 Å². The predicted octanol–water partition coefficient (Wildman–Crippen LogP) is 0.835. The van der Waals surface area contributed by atoms with Gasteiger partial charge in [0.1, 0.15) is 11.9 Å². The third kappa shape index (κ3) is 2.19. The number of carbonyl (C=O) groups is 1. The van der Waals surface area contributed by atoms with Gasteiger partial charge in [0.25, 0.3) is 0 Å². The molecule has 3 unspecified atom stereocenters. The van der Waals surface area contributed by atoms with E-state index in [1.54, 1.807) is 0 Å². The van der Waals surface area contributed by atoms with E-state index < -0.39 is 0 Å². The molecular weight excluding hydrogens is 278 g/mol. The highest BCUT2D eigenvalue weighted by molar-refractivity contribution is 5.82. The first-order valence-corrected chi connectivity index (χ1v) is 7.93. The number of rotatable bonds is 3. The van der Waals surface area contributed by atoms with Gasteiger partial charge in [-0.2, -0.15) is 0 Å². The molecule has 2 heterocycles. The van der Waals surface area contributed by atoms with Gasteiger partial charge in [-0.25, -0.2) is 10.4 Å². The monoisotopic (exact) mass is 299 g/mol. The minimum atomic E-state index is -0.123. The Kier molecular flexibility index (Phi) is 3.35. The van der Waals surface area contributed by atoms with Crippen molar-refractivity contribution in [2.45, 2.75) is 37.9 Å². The van der Waals surface area contributed by atoms with Crippen molar-refractivity contribution in [3.63, 3.8) is 0 Å². The van der Waals surface area contributed by atoms with Crippen molar-refractivity contribution in [2.75, 3.05) is 0 Å². The Morgan fingerprint density at radius 1 is 1.36 bits per heavy atom. The fourth-order valence-electron chi connectivity index (χ4n) is 3.76. The predicted molar refractivity (Wildman–Crippen MR) is 83.7 cm³/mol. The Hall–Kier alpha value is -1.92. The number of amides is 1. The molecule has 22 heavy (non-hydrogen) atoms. The first-order valence-electron chi connectivity index (χ1n) is 7.93. The molecule has 3 N–H and O–H groups in total. The zero-order chi connectivity index (χ0) is 15.1. The number of nitrogens with zero attached hydrogens (tertiary/aromatic N) is 2. The van der Waals surface area contributed by atoms with E-state index >= 15 is 0 Å². The summed E-state index contributed by atoms with van der Waals surface area (Å²) < 4.78 is 2.04. The fraction of sp³-hybridized carbons (Fsp3) is 0.500. The van der Waals surface area contributed by atoms with Gasteiger partial charge in [0.15, 0.2) is 0 Å². The molecule has 0 spiro atoms. The number of para-hydroxylation sites is 2. The van der Waals surface area contributed by atoms with Crippen molar-refractivity contribution in [3.8, 4) is 0 Å². The molecular formula is C16H21N5O. The van der Waals surface area contributed by atoms with Crippen LogP contribution in [0.1, 0.15) is 25.1 Å². The molecule has 0 radical (unpaired) electrons. The first-order chi connectivity index (χ1) is 10.7. The van der Waals surface area contributed by atoms with E-state index in [0.717, 1.165) is 29.7 Å². The molecule has 2 aliphatic rings. The number of benzene rings is 1. The molecule has 2 fully saturated rings. The van der Waals surface area contributed by atoms with Gasteiger partial charge in [0, 0.05) is 19.0 Å².